The molecule has 0 spiro atoms. The summed E-state index contributed by atoms with van der Waals surface area (Å²) in [5.41, 5.74) is 1.87. The fourth-order valence-electron chi connectivity index (χ4n) is 5.75. The summed E-state index contributed by atoms with van der Waals surface area (Å²) in [6, 6.07) is 6.07. The van der Waals surface area contributed by atoms with Gasteiger partial charge in [0.2, 0.25) is 0 Å². The highest BCUT2D eigenvalue weighted by atomic mass is 79.9. The van der Waals surface area contributed by atoms with Gasteiger partial charge in [-0.05, 0) is 85.8 Å². The molecule has 4 aliphatic rings. The second kappa shape index (κ2) is 5.42. The largest absolute Gasteiger partial charge is 0.0839 e. The van der Waals surface area contributed by atoms with Crippen LogP contribution in [0.5, 0.6) is 0 Å². The fourth-order valence-corrected chi connectivity index (χ4v) is 7.02. The molecule has 114 valence electrons. The maximum Gasteiger partial charge on any atom is 0.0595 e. The first-order chi connectivity index (χ1) is 10.0. The molecule has 0 saturated heterocycles. The summed E-state index contributed by atoms with van der Waals surface area (Å²) in [4.78, 5) is 0.406. The van der Waals surface area contributed by atoms with Gasteiger partial charge in [-0.15, -0.1) is 0 Å². The van der Waals surface area contributed by atoms with Gasteiger partial charge in [0.05, 0.1) is 10.0 Å². The summed E-state index contributed by atoms with van der Waals surface area (Å²) in [7, 11) is 0. The zero-order valence-corrected chi connectivity index (χ0v) is 15.2. The molecule has 1 aromatic rings. The predicted molar refractivity (Wildman–Crippen MR) is 93.4 cm³/mol. The number of halogens is 3. The summed E-state index contributed by atoms with van der Waals surface area (Å²) in [6.45, 7) is 0. The lowest BCUT2D eigenvalue weighted by molar-refractivity contribution is -0.0571. The van der Waals surface area contributed by atoms with Gasteiger partial charge in [0, 0.05) is 4.83 Å². The van der Waals surface area contributed by atoms with Crippen LogP contribution in [0.25, 0.3) is 0 Å². The molecular weight excluding hydrogens is 367 g/mol. The van der Waals surface area contributed by atoms with Crippen LogP contribution in [0.4, 0.5) is 0 Å². The summed E-state index contributed by atoms with van der Waals surface area (Å²) in [5, 5.41) is 1.32. The third kappa shape index (κ3) is 2.79. The van der Waals surface area contributed by atoms with Crippen molar-refractivity contribution < 1.29 is 0 Å². The van der Waals surface area contributed by atoms with Crippen LogP contribution < -0.4 is 0 Å². The summed E-state index contributed by atoms with van der Waals surface area (Å²) < 4.78 is 0. The van der Waals surface area contributed by atoms with Crippen molar-refractivity contribution >= 4 is 39.1 Å². The maximum atomic E-state index is 6.18. The molecule has 0 aromatic heterocycles. The van der Waals surface area contributed by atoms with Crippen molar-refractivity contribution in [2.45, 2.75) is 49.8 Å². The Labute approximate surface area is 145 Å². The van der Waals surface area contributed by atoms with Crippen molar-refractivity contribution in [1.29, 1.82) is 0 Å². The summed E-state index contributed by atoms with van der Waals surface area (Å²) >= 11 is 16.2. The van der Waals surface area contributed by atoms with Crippen LogP contribution in [-0.4, -0.2) is 0 Å². The molecule has 4 aliphatic carbocycles. The molecule has 4 saturated carbocycles. The monoisotopic (exact) mass is 386 g/mol. The average molecular weight is 388 g/mol. The van der Waals surface area contributed by atoms with Crippen molar-refractivity contribution in [3.63, 3.8) is 0 Å². The highest BCUT2D eigenvalue weighted by Gasteiger charge is 2.51. The van der Waals surface area contributed by atoms with E-state index in [1.165, 1.54) is 50.5 Å². The van der Waals surface area contributed by atoms with E-state index >= 15 is 0 Å². The highest BCUT2D eigenvalue weighted by Crippen LogP contribution is 2.63. The Bertz CT molecular complexity index is 519. The molecule has 1 unspecified atom stereocenters. The average Bonchev–Trinajstić information content (AvgIpc) is 2.39. The van der Waals surface area contributed by atoms with E-state index in [4.69, 9.17) is 23.2 Å². The lowest BCUT2D eigenvalue weighted by atomic mass is 9.48. The van der Waals surface area contributed by atoms with Crippen molar-refractivity contribution in [1.82, 2.24) is 0 Å². The van der Waals surface area contributed by atoms with E-state index < -0.39 is 0 Å². The fraction of sp³-hybridized carbons (Fsp3) is 0.667. The molecule has 4 fully saturated rings. The molecule has 0 heterocycles. The van der Waals surface area contributed by atoms with Crippen LogP contribution in [0, 0.1) is 23.2 Å². The Balaban J connectivity index is 1.53. The first kappa shape index (κ1) is 14.8. The van der Waals surface area contributed by atoms with Gasteiger partial charge < -0.3 is 0 Å². The Hall–Kier alpha value is 0.280. The molecule has 3 heteroatoms. The van der Waals surface area contributed by atoms with Gasteiger partial charge in [0.1, 0.15) is 0 Å². The minimum Gasteiger partial charge on any atom is -0.0839 e. The van der Waals surface area contributed by atoms with Gasteiger partial charge in [0.15, 0.2) is 0 Å². The van der Waals surface area contributed by atoms with E-state index in [0.717, 1.165) is 17.8 Å². The number of hydrogen-bond acceptors (Lipinski definition) is 0. The molecule has 1 aromatic carbocycles. The molecule has 0 nitrogen and oxygen atoms in total. The normalized spacial score (nSPS) is 38.7. The van der Waals surface area contributed by atoms with Crippen LogP contribution in [0.1, 0.15) is 55.3 Å². The van der Waals surface area contributed by atoms with Crippen LogP contribution in [0.15, 0.2) is 18.2 Å². The third-order valence-corrected chi connectivity index (χ3v) is 7.67. The number of rotatable bonds is 3. The topological polar surface area (TPSA) is 0 Å². The zero-order chi connectivity index (χ0) is 14.6. The SMILES string of the molecule is Clc1ccc(C(Br)CC23CC4CC(CC(C4)C2)C3)cc1Cl. The van der Waals surface area contributed by atoms with Gasteiger partial charge in [-0.3, -0.25) is 0 Å². The van der Waals surface area contributed by atoms with Crippen LogP contribution in [0.3, 0.4) is 0 Å². The van der Waals surface area contributed by atoms with Gasteiger partial charge >= 0.3 is 0 Å². The van der Waals surface area contributed by atoms with E-state index in [2.05, 4.69) is 22.0 Å². The Morgan fingerprint density at radius 3 is 2.10 bits per heavy atom. The third-order valence-electron chi connectivity index (χ3n) is 6.08. The van der Waals surface area contributed by atoms with E-state index in [9.17, 15) is 0 Å². The highest BCUT2D eigenvalue weighted by molar-refractivity contribution is 9.09. The van der Waals surface area contributed by atoms with Gasteiger partial charge in [-0.1, -0.05) is 45.2 Å². The molecule has 0 aliphatic heterocycles. The minimum atomic E-state index is 0.406. The van der Waals surface area contributed by atoms with E-state index in [1.54, 1.807) is 0 Å². The maximum absolute atomic E-state index is 6.18. The Kier molecular flexibility index (Phi) is 3.83. The summed E-state index contributed by atoms with van der Waals surface area (Å²) in [5.74, 6) is 3.05. The second-order valence-corrected chi connectivity index (χ2v) is 9.68. The zero-order valence-electron chi connectivity index (χ0n) is 12.1. The molecule has 0 N–H and O–H groups in total. The van der Waals surface area contributed by atoms with E-state index in [1.807, 2.05) is 12.1 Å². The van der Waals surface area contributed by atoms with Crippen molar-refractivity contribution in [3.05, 3.63) is 33.8 Å². The number of alkyl halides is 1. The number of benzene rings is 1. The van der Waals surface area contributed by atoms with Crippen LogP contribution >= 0.6 is 39.1 Å². The minimum absolute atomic E-state index is 0.406. The van der Waals surface area contributed by atoms with Gasteiger partial charge in [-0.25, -0.2) is 0 Å². The number of hydrogen-bond donors (Lipinski definition) is 0. The summed E-state index contributed by atoms with van der Waals surface area (Å²) in [6.07, 6.45) is 10.2. The quantitative estimate of drug-likeness (QED) is 0.488. The Morgan fingerprint density at radius 2 is 1.57 bits per heavy atom. The molecule has 1 atom stereocenters. The molecule has 4 bridgehead atoms. The molecule has 21 heavy (non-hydrogen) atoms. The van der Waals surface area contributed by atoms with Crippen molar-refractivity contribution in [3.8, 4) is 0 Å². The molecule has 5 rings (SSSR count). The van der Waals surface area contributed by atoms with E-state index in [0.29, 0.717) is 20.3 Å². The lowest BCUT2D eigenvalue weighted by Gasteiger charge is -2.57. The van der Waals surface area contributed by atoms with Crippen molar-refractivity contribution in [2.75, 3.05) is 0 Å². The van der Waals surface area contributed by atoms with E-state index in [-0.39, 0.29) is 0 Å². The van der Waals surface area contributed by atoms with Gasteiger partial charge in [-0.2, -0.15) is 0 Å². The van der Waals surface area contributed by atoms with Crippen molar-refractivity contribution in [2.24, 2.45) is 23.2 Å². The first-order valence-corrected chi connectivity index (χ1v) is 9.79. The Morgan fingerprint density at radius 1 is 1.00 bits per heavy atom. The lowest BCUT2D eigenvalue weighted by Crippen LogP contribution is -2.46. The predicted octanol–water partition coefficient (Wildman–Crippen LogP) is 7.04. The van der Waals surface area contributed by atoms with Gasteiger partial charge in [0.25, 0.3) is 0 Å². The van der Waals surface area contributed by atoms with Crippen LogP contribution in [-0.2, 0) is 0 Å². The standard InChI is InChI=1S/C18H21BrCl2/c19-15(14-1-2-16(20)17(21)6-14)10-18-7-11-3-12(8-18)5-13(4-11)9-18/h1-2,6,11-13,15H,3-5,7-10H2. The molecule has 0 radical (unpaired) electrons. The smallest absolute Gasteiger partial charge is 0.0595 e. The molecular formula is C18H21BrCl2. The van der Waals surface area contributed by atoms with Crippen LogP contribution in [0.2, 0.25) is 10.0 Å². The molecule has 0 amide bonds. The second-order valence-electron chi connectivity index (χ2n) is 7.76. The first-order valence-electron chi connectivity index (χ1n) is 8.12.